The first-order chi connectivity index (χ1) is 24.3. The molecule has 1 aromatic heterocycles. The van der Waals surface area contributed by atoms with Gasteiger partial charge in [0.1, 0.15) is 11.2 Å². The van der Waals surface area contributed by atoms with Crippen LogP contribution in [0.4, 0.5) is 0 Å². The van der Waals surface area contributed by atoms with Crippen LogP contribution in [0.2, 0.25) is 0 Å². The van der Waals surface area contributed by atoms with Crippen molar-refractivity contribution >= 4 is 54.3 Å². The van der Waals surface area contributed by atoms with E-state index < -0.39 is 0 Å². The Morgan fingerprint density at radius 3 is 1.55 bits per heavy atom. The minimum absolute atomic E-state index is 0.906. The van der Waals surface area contributed by atoms with Gasteiger partial charge >= 0.3 is 0 Å². The highest BCUT2D eigenvalue weighted by Gasteiger charge is 2.20. The van der Waals surface area contributed by atoms with Gasteiger partial charge in [-0.1, -0.05) is 158 Å². The van der Waals surface area contributed by atoms with Gasteiger partial charge in [0.25, 0.3) is 0 Å². The third-order valence-electron chi connectivity index (χ3n) is 10.0. The molecule has 1 heterocycles. The van der Waals surface area contributed by atoms with E-state index in [0.29, 0.717) is 0 Å². The van der Waals surface area contributed by atoms with Gasteiger partial charge in [-0.25, -0.2) is 0 Å². The molecule has 228 valence electrons. The summed E-state index contributed by atoms with van der Waals surface area (Å²) in [5, 5.41) is 9.73. The normalized spacial score (nSPS) is 11.7. The maximum atomic E-state index is 6.56. The minimum Gasteiger partial charge on any atom is -0.455 e. The molecule has 10 aromatic rings. The summed E-state index contributed by atoms with van der Waals surface area (Å²) in [6, 6.07) is 65.8. The molecular formula is C48H30O. The number of hydrogen-bond donors (Lipinski definition) is 0. The summed E-state index contributed by atoms with van der Waals surface area (Å²) in [6.45, 7) is 0. The zero-order valence-corrected chi connectivity index (χ0v) is 26.7. The highest BCUT2D eigenvalue weighted by molar-refractivity contribution is 6.23. The quantitative estimate of drug-likeness (QED) is 0.178. The summed E-state index contributed by atoms with van der Waals surface area (Å²) in [5.41, 5.74) is 11.4. The summed E-state index contributed by atoms with van der Waals surface area (Å²) in [7, 11) is 0. The van der Waals surface area contributed by atoms with Gasteiger partial charge in [-0.3, -0.25) is 0 Å². The highest BCUT2D eigenvalue weighted by atomic mass is 16.3. The van der Waals surface area contributed by atoms with Gasteiger partial charge < -0.3 is 4.42 Å². The van der Waals surface area contributed by atoms with Gasteiger partial charge in [-0.05, 0) is 95.5 Å². The van der Waals surface area contributed by atoms with E-state index in [9.17, 15) is 0 Å². The fourth-order valence-corrected chi connectivity index (χ4v) is 7.87. The van der Waals surface area contributed by atoms with Crippen molar-refractivity contribution in [2.75, 3.05) is 0 Å². The second-order valence-electron chi connectivity index (χ2n) is 12.8. The number of rotatable bonds is 4. The highest BCUT2D eigenvalue weighted by Crippen LogP contribution is 2.47. The molecule has 0 saturated heterocycles. The predicted molar refractivity (Wildman–Crippen MR) is 208 cm³/mol. The summed E-state index contributed by atoms with van der Waals surface area (Å²) in [5.74, 6) is 0. The minimum atomic E-state index is 0.906. The van der Waals surface area contributed by atoms with E-state index in [0.717, 1.165) is 33.1 Å². The Labute approximate surface area is 284 Å². The molecule has 0 bridgehead atoms. The van der Waals surface area contributed by atoms with Gasteiger partial charge in [-0.15, -0.1) is 0 Å². The van der Waals surface area contributed by atoms with Crippen LogP contribution in [-0.4, -0.2) is 0 Å². The fourth-order valence-electron chi connectivity index (χ4n) is 7.87. The smallest absolute Gasteiger partial charge is 0.143 e. The third-order valence-corrected chi connectivity index (χ3v) is 10.0. The Balaban J connectivity index is 1.27. The van der Waals surface area contributed by atoms with Crippen LogP contribution in [0.25, 0.3) is 98.8 Å². The second-order valence-corrected chi connectivity index (χ2v) is 12.8. The fraction of sp³-hybridized carbons (Fsp3) is 0. The third kappa shape index (κ3) is 4.40. The van der Waals surface area contributed by atoms with E-state index >= 15 is 0 Å². The second kappa shape index (κ2) is 11.1. The van der Waals surface area contributed by atoms with E-state index in [2.05, 4.69) is 176 Å². The van der Waals surface area contributed by atoms with Crippen LogP contribution >= 0.6 is 0 Å². The van der Waals surface area contributed by atoms with Crippen molar-refractivity contribution in [3.63, 3.8) is 0 Å². The number of para-hydroxylation sites is 1. The molecule has 0 fully saturated rings. The Kier molecular flexibility index (Phi) is 6.25. The number of hydrogen-bond acceptors (Lipinski definition) is 1. The van der Waals surface area contributed by atoms with Crippen LogP contribution < -0.4 is 0 Å². The summed E-state index contributed by atoms with van der Waals surface area (Å²) < 4.78 is 6.56. The van der Waals surface area contributed by atoms with Crippen LogP contribution in [-0.2, 0) is 0 Å². The predicted octanol–water partition coefficient (Wildman–Crippen LogP) is 13.7. The largest absolute Gasteiger partial charge is 0.455 e. The molecule has 0 aliphatic heterocycles. The van der Waals surface area contributed by atoms with Crippen molar-refractivity contribution < 1.29 is 4.42 Å². The molecule has 9 aromatic carbocycles. The molecule has 0 amide bonds. The molecule has 0 atom stereocenters. The van der Waals surface area contributed by atoms with Crippen molar-refractivity contribution in [1.82, 2.24) is 0 Å². The van der Waals surface area contributed by atoms with Crippen molar-refractivity contribution in [2.45, 2.75) is 0 Å². The van der Waals surface area contributed by atoms with Gasteiger partial charge in [0.15, 0.2) is 0 Å². The Morgan fingerprint density at radius 2 is 0.816 bits per heavy atom. The van der Waals surface area contributed by atoms with Gasteiger partial charge in [0, 0.05) is 16.3 Å². The Bertz CT molecular complexity index is 2810. The molecule has 1 heteroatoms. The summed E-state index contributed by atoms with van der Waals surface area (Å²) in [6.07, 6.45) is 0. The average Bonchev–Trinajstić information content (AvgIpc) is 3.55. The lowest BCUT2D eigenvalue weighted by Crippen LogP contribution is -1.92. The molecular weight excluding hydrogens is 593 g/mol. The van der Waals surface area contributed by atoms with Crippen molar-refractivity contribution in [3.8, 4) is 44.5 Å². The van der Waals surface area contributed by atoms with Crippen LogP contribution in [0.15, 0.2) is 186 Å². The lowest BCUT2D eigenvalue weighted by molar-refractivity contribution is 0.670. The monoisotopic (exact) mass is 622 g/mol. The van der Waals surface area contributed by atoms with Gasteiger partial charge in [-0.2, -0.15) is 0 Å². The number of fused-ring (bicyclic) bond motifs is 6. The first kappa shape index (κ1) is 27.7. The molecule has 0 spiro atoms. The Hall–Kier alpha value is -6.44. The molecule has 0 N–H and O–H groups in total. The molecule has 0 aliphatic carbocycles. The van der Waals surface area contributed by atoms with Gasteiger partial charge in [0.05, 0.1) is 0 Å². The molecule has 1 nitrogen and oxygen atoms in total. The van der Waals surface area contributed by atoms with Crippen molar-refractivity contribution in [3.05, 3.63) is 182 Å². The average molecular weight is 623 g/mol. The van der Waals surface area contributed by atoms with Crippen LogP contribution in [0.3, 0.4) is 0 Å². The van der Waals surface area contributed by atoms with Crippen LogP contribution in [0.1, 0.15) is 0 Å². The lowest BCUT2D eigenvalue weighted by atomic mass is 9.84. The van der Waals surface area contributed by atoms with E-state index in [1.165, 1.54) is 65.7 Å². The first-order valence-corrected chi connectivity index (χ1v) is 16.8. The van der Waals surface area contributed by atoms with E-state index in [1.54, 1.807) is 0 Å². The zero-order valence-electron chi connectivity index (χ0n) is 26.7. The first-order valence-electron chi connectivity index (χ1n) is 16.8. The van der Waals surface area contributed by atoms with Crippen LogP contribution in [0, 0.1) is 0 Å². The topological polar surface area (TPSA) is 13.1 Å². The molecule has 0 saturated carbocycles. The molecule has 0 unspecified atom stereocenters. The number of benzene rings is 9. The maximum absolute atomic E-state index is 6.56. The van der Waals surface area contributed by atoms with E-state index in [-0.39, 0.29) is 0 Å². The van der Waals surface area contributed by atoms with Crippen LogP contribution in [0.5, 0.6) is 0 Å². The molecule has 10 rings (SSSR count). The van der Waals surface area contributed by atoms with Crippen molar-refractivity contribution in [1.29, 1.82) is 0 Å². The Morgan fingerprint density at radius 1 is 0.286 bits per heavy atom. The zero-order chi connectivity index (χ0) is 32.3. The maximum Gasteiger partial charge on any atom is 0.143 e. The summed E-state index contributed by atoms with van der Waals surface area (Å²) in [4.78, 5) is 0. The van der Waals surface area contributed by atoms with Crippen molar-refractivity contribution in [2.24, 2.45) is 0 Å². The molecule has 0 radical (unpaired) electrons. The van der Waals surface area contributed by atoms with E-state index in [1.807, 2.05) is 6.07 Å². The van der Waals surface area contributed by atoms with E-state index in [4.69, 9.17) is 4.42 Å². The lowest BCUT2D eigenvalue weighted by Gasteiger charge is -2.19. The molecule has 49 heavy (non-hydrogen) atoms. The summed E-state index contributed by atoms with van der Waals surface area (Å²) >= 11 is 0. The van der Waals surface area contributed by atoms with Gasteiger partial charge in [0.2, 0.25) is 0 Å². The SMILES string of the molecule is c1ccc(-c2cc(-c3c4ccccc4c(-c4cccc(-c5cccc6ccccc56)c4)c4ccccc34)cc3c2oc2ccccc23)cc1. The standard InChI is InChI=1S/C48H30O/c1-2-14-32(15-3-1)43-29-35(30-44-38-21-10-11-27-45(38)49-48(43)44)47-41-24-8-6-22-39(41)46(40-23-7-9-25-42(40)47)34-19-12-18-33(28-34)37-26-13-17-31-16-4-5-20-36(31)37/h1-30H. The molecule has 0 aliphatic rings. The number of furan rings is 1.